The number of hydrogen-bond donors (Lipinski definition) is 1. The number of hydrogen-bond acceptors (Lipinski definition) is 3. The first-order valence-corrected chi connectivity index (χ1v) is 8.52. The third-order valence-corrected chi connectivity index (χ3v) is 5.19. The van der Waals surface area contributed by atoms with Gasteiger partial charge in [-0.05, 0) is 59.8 Å². The van der Waals surface area contributed by atoms with Crippen molar-refractivity contribution in [3.63, 3.8) is 0 Å². The summed E-state index contributed by atoms with van der Waals surface area (Å²) in [6.07, 6.45) is 7.60. The fourth-order valence-corrected chi connectivity index (χ4v) is 3.59. The van der Waals surface area contributed by atoms with E-state index in [4.69, 9.17) is 0 Å². The molecule has 1 saturated carbocycles. The third kappa shape index (κ3) is 3.63. The zero-order valence-electron chi connectivity index (χ0n) is 11.6. The Morgan fingerprint density at radius 2 is 2.33 bits per heavy atom. The zero-order chi connectivity index (χ0) is 14.8. The van der Waals surface area contributed by atoms with Crippen LogP contribution in [0.4, 0.5) is 5.82 Å². The Morgan fingerprint density at radius 1 is 1.52 bits per heavy atom. The number of anilines is 1. The summed E-state index contributed by atoms with van der Waals surface area (Å²) in [5.41, 5.74) is 0. The van der Waals surface area contributed by atoms with Gasteiger partial charge in [0, 0.05) is 17.0 Å². The molecule has 4 nitrogen and oxygen atoms in total. The van der Waals surface area contributed by atoms with Crippen LogP contribution in [-0.4, -0.2) is 15.7 Å². The van der Waals surface area contributed by atoms with Gasteiger partial charge in [0.2, 0.25) is 5.91 Å². The minimum absolute atomic E-state index is 0.135. The van der Waals surface area contributed by atoms with E-state index in [0.717, 1.165) is 14.5 Å². The molecule has 1 unspecified atom stereocenters. The van der Waals surface area contributed by atoms with Gasteiger partial charge in [-0.25, -0.2) is 4.68 Å². The number of nitrogens with zero attached hydrogens (tertiary/aromatic N) is 2. The van der Waals surface area contributed by atoms with Crippen LogP contribution in [0.1, 0.15) is 30.7 Å². The molecule has 110 valence electrons. The first-order valence-electron chi connectivity index (χ1n) is 6.91. The first kappa shape index (κ1) is 14.5. The molecule has 1 N–H and O–H groups in total. The Kier molecular flexibility index (Phi) is 4.26. The molecule has 1 aliphatic rings. The summed E-state index contributed by atoms with van der Waals surface area (Å²) in [6.45, 7) is 2.15. The fraction of sp³-hybridized carbons (Fsp3) is 0.333. The number of aromatic nitrogens is 2. The monoisotopic (exact) mass is 365 g/mol. The van der Waals surface area contributed by atoms with Gasteiger partial charge in [0.05, 0.1) is 16.0 Å². The maximum Gasteiger partial charge on any atom is 0.249 e. The third-order valence-electron chi connectivity index (χ3n) is 3.60. The molecule has 0 aromatic carbocycles. The van der Waals surface area contributed by atoms with Crippen molar-refractivity contribution in [1.82, 2.24) is 9.78 Å². The molecule has 0 radical (unpaired) electrons. The predicted octanol–water partition coefficient (Wildman–Crippen LogP) is 4.33. The van der Waals surface area contributed by atoms with Gasteiger partial charge in [0.1, 0.15) is 5.82 Å². The molecule has 2 aromatic rings. The van der Waals surface area contributed by atoms with Crippen molar-refractivity contribution in [1.29, 1.82) is 0 Å². The second-order valence-electron chi connectivity index (χ2n) is 5.20. The summed E-state index contributed by atoms with van der Waals surface area (Å²) in [5.74, 6) is 1.32. The Bertz CT molecular complexity index is 672. The largest absolute Gasteiger partial charge is 0.307 e. The molecule has 21 heavy (non-hydrogen) atoms. The van der Waals surface area contributed by atoms with Gasteiger partial charge in [-0.1, -0.05) is 0 Å². The summed E-state index contributed by atoms with van der Waals surface area (Å²) in [6, 6.07) is 6.12. The maximum absolute atomic E-state index is 12.0. The van der Waals surface area contributed by atoms with E-state index in [2.05, 4.69) is 33.3 Å². The zero-order valence-corrected chi connectivity index (χ0v) is 14.0. The van der Waals surface area contributed by atoms with Gasteiger partial charge < -0.3 is 5.32 Å². The van der Waals surface area contributed by atoms with Gasteiger partial charge in [-0.3, -0.25) is 4.79 Å². The van der Waals surface area contributed by atoms with Gasteiger partial charge >= 0.3 is 0 Å². The summed E-state index contributed by atoms with van der Waals surface area (Å²) in [7, 11) is 0. The topological polar surface area (TPSA) is 46.9 Å². The lowest BCUT2D eigenvalue weighted by Gasteiger charge is -2.14. The summed E-state index contributed by atoms with van der Waals surface area (Å²) < 4.78 is 2.96. The van der Waals surface area contributed by atoms with Gasteiger partial charge in [0.15, 0.2) is 0 Å². The molecular weight excluding hydrogens is 350 g/mol. The molecule has 0 bridgehead atoms. The van der Waals surface area contributed by atoms with Gasteiger partial charge in [0.25, 0.3) is 0 Å². The van der Waals surface area contributed by atoms with Crippen LogP contribution in [0.25, 0.3) is 6.08 Å². The maximum atomic E-state index is 12.0. The second kappa shape index (κ2) is 6.15. The highest BCUT2D eigenvalue weighted by Gasteiger charge is 2.30. The van der Waals surface area contributed by atoms with E-state index < -0.39 is 0 Å². The van der Waals surface area contributed by atoms with E-state index in [0.29, 0.717) is 12.0 Å². The van der Waals surface area contributed by atoms with Crippen molar-refractivity contribution in [2.75, 3.05) is 5.32 Å². The van der Waals surface area contributed by atoms with E-state index in [9.17, 15) is 4.79 Å². The van der Waals surface area contributed by atoms with Crippen LogP contribution in [0.15, 0.2) is 34.3 Å². The highest BCUT2D eigenvalue weighted by molar-refractivity contribution is 9.11. The van der Waals surface area contributed by atoms with Crippen molar-refractivity contribution in [2.45, 2.75) is 25.8 Å². The highest BCUT2D eigenvalue weighted by Crippen LogP contribution is 2.40. The van der Waals surface area contributed by atoms with E-state index in [1.54, 1.807) is 23.6 Å². The molecule has 2 aromatic heterocycles. The van der Waals surface area contributed by atoms with Gasteiger partial charge in [-0.15, -0.1) is 11.3 Å². The minimum Gasteiger partial charge on any atom is -0.307 e. The van der Waals surface area contributed by atoms with Crippen LogP contribution >= 0.6 is 27.3 Å². The molecule has 3 rings (SSSR count). The van der Waals surface area contributed by atoms with Crippen LogP contribution in [0.5, 0.6) is 0 Å². The van der Waals surface area contributed by atoms with Crippen molar-refractivity contribution >= 4 is 45.1 Å². The molecule has 0 aliphatic heterocycles. The quantitative estimate of drug-likeness (QED) is 0.801. The predicted molar refractivity (Wildman–Crippen MR) is 89.3 cm³/mol. The normalized spacial score (nSPS) is 16.3. The van der Waals surface area contributed by atoms with E-state index in [-0.39, 0.29) is 5.91 Å². The molecule has 0 saturated heterocycles. The number of halogens is 1. The van der Waals surface area contributed by atoms with Crippen molar-refractivity contribution in [3.8, 4) is 0 Å². The van der Waals surface area contributed by atoms with Crippen LogP contribution in [0.3, 0.4) is 0 Å². The molecule has 6 heteroatoms. The first-order chi connectivity index (χ1) is 10.1. The molecule has 1 atom stereocenters. The summed E-state index contributed by atoms with van der Waals surface area (Å²) in [4.78, 5) is 13.0. The Morgan fingerprint density at radius 3 is 3.00 bits per heavy atom. The average Bonchev–Trinajstić information content (AvgIpc) is 3.08. The number of amides is 1. The average molecular weight is 366 g/mol. The van der Waals surface area contributed by atoms with Crippen molar-refractivity contribution in [2.24, 2.45) is 5.92 Å². The molecular formula is C15H16BrN3OS. The number of rotatable bonds is 5. The lowest BCUT2D eigenvalue weighted by atomic mass is 10.2. The van der Waals surface area contributed by atoms with Crippen LogP contribution in [-0.2, 0) is 4.79 Å². The van der Waals surface area contributed by atoms with Crippen LogP contribution in [0.2, 0.25) is 0 Å². The summed E-state index contributed by atoms with van der Waals surface area (Å²) in [5, 5.41) is 7.22. The Balaban J connectivity index is 1.65. The van der Waals surface area contributed by atoms with E-state index >= 15 is 0 Å². The van der Waals surface area contributed by atoms with Crippen molar-refractivity contribution < 1.29 is 4.79 Å². The van der Waals surface area contributed by atoms with E-state index in [1.807, 2.05) is 29.0 Å². The molecule has 1 aliphatic carbocycles. The number of carbonyl (C=O) groups excluding carboxylic acids is 1. The van der Waals surface area contributed by atoms with Gasteiger partial charge in [-0.2, -0.15) is 5.10 Å². The molecule has 2 heterocycles. The molecule has 0 spiro atoms. The fourth-order valence-electron chi connectivity index (χ4n) is 2.26. The smallest absolute Gasteiger partial charge is 0.249 e. The molecule has 1 fully saturated rings. The molecule has 1 amide bonds. The lowest BCUT2D eigenvalue weighted by molar-refractivity contribution is -0.111. The Hall–Kier alpha value is -1.40. The summed E-state index contributed by atoms with van der Waals surface area (Å²) >= 11 is 5.00. The second-order valence-corrected chi connectivity index (χ2v) is 7.70. The SMILES string of the molecule is CC(C1CC1)n1nccc1NC(=O)/C=C/c1ccc(Br)s1. The lowest BCUT2D eigenvalue weighted by Crippen LogP contribution is -2.16. The number of carbonyl (C=O) groups is 1. The standard InChI is InChI=1S/C15H16BrN3OS/c1-10(11-2-3-11)19-14(8-9-17-19)18-15(20)7-5-12-4-6-13(16)21-12/h4-11H,2-3H2,1H3,(H,18,20)/b7-5+. The van der Waals surface area contributed by atoms with Crippen molar-refractivity contribution in [3.05, 3.63) is 39.1 Å². The number of thiophene rings is 1. The van der Waals surface area contributed by atoms with Crippen LogP contribution in [0, 0.1) is 5.92 Å². The van der Waals surface area contributed by atoms with E-state index in [1.165, 1.54) is 12.8 Å². The van der Waals surface area contributed by atoms with Crippen LogP contribution < -0.4 is 5.32 Å². The highest BCUT2D eigenvalue weighted by atomic mass is 79.9. The Labute approximate surface area is 136 Å². The number of nitrogens with one attached hydrogen (secondary N) is 1. The minimum atomic E-state index is -0.135.